The van der Waals surface area contributed by atoms with E-state index in [1.54, 1.807) is 12.5 Å². The third kappa shape index (κ3) is 4.46. The van der Waals surface area contributed by atoms with E-state index in [9.17, 15) is 0 Å². The van der Waals surface area contributed by atoms with Crippen molar-refractivity contribution in [2.24, 2.45) is 11.8 Å². The maximum atomic E-state index is 5.96. The molecule has 0 saturated heterocycles. The summed E-state index contributed by atoms with van der Waals surface area (Å²) in [6, 6.07) is 1.98. The summed E-state index contributed by atoms with van der Waals surface area (Å²) in [5, 5.41) is 3.36. The highest BCUT2D eigenvalue weighted by Gasteiger charge is 2.23. The summed E-state index contributed by atoms with van der Waals surface area (Å²) >= 11 is 0. The minimum absolute atomic E-state index is 0.472. The van der Waals surface area contributed by atoms with Crippen LogP contribution < -0.4 is 5.32 Å². The monoisotopic (exact) mass is 251 g/mol. The topological polar surface area (TPSA) is 34.4 Å². The summed E-state index contributed by atoms with van der Waals surface area (Å²) in [5.41, 5.74) is 1.19. The first-order chi connectivity index (χ1) is 8.74. The van der Waals surface area contributed by atoms with E-state index in [-0.39, 0.29) is 0 Å². The third-order valence-corrected chi connectivity index (χ3v) is 3.68. The van der Waals surface area contributed by atoms with Crippen LogP contribution in [0.15, 0.2) is 23.0 Å². The largest absolute Gasteiger partial charge is 0.472 e. The fourth-order valence-electron chi connectivity index (χ4n) is 2.93. The van der Waals surface area contributed by atoms with E-state index in [1.807, 2.05) is 6.07 Å². The first kappa shape index (κ1) is 13.6. The molecule has 0 radical (unpaired) electrons. The maximum Gasteiger partial charge on any atom is 0.0947 e. The van der Waals surface area contributed by atoms with Gasteiger partial charge in [0.2, 0.25) is 0 Å². The van der Waals surface area contributed by atoms with Gasteiger partial charge in [-0.25, -0.2) is 0 Å². The van der Waals surface area contributed by atoms with Crippen molar-refractivity contribution in [2.45, 2.75) is 45.8 Å². The molecule has 0 aromatic carbocycles. The molecule has 0 spiro atoms. The van der Waals surface area contributed by atoms with Gasteiger partial charge in [0, 0.05) is 18.7 Å². The zero-order valence-corrected chi connectivity index (χ0v) is 11.5. The highest BCUT2D eigenvalue weighted by molar-refractivity contribution is 5.04. The molecule has 18 heavy (non-hydrogen) atoms. The van der Waals surface area contributed by atoms with Crippen molar-refractivity contribution in [2.75, 3.05) is 13.2 Å². The quantitative estimate of drug-likeness (QED) is 0.788. The van der Waals surface area contributed by atoms with Crippen molar-refractivity contribution < 1.29 is 9.15 Å². The van der Waals surface area contributed by atoms with Crippen LogP contribution in [-0.4, -0.2) is 19.3 Å². The highest BCUT2D eigenvalue weighted by atomic mass is 16.5. The number of rotatable bonds is 6. The van der Waals surface area contributed by atoms with Gasteiger partial charge in [0.25, 0.3) is 0 Å². The Bertz CT molecular complexity index is 313. The van der Waals surface area contributed by atoms with Crippen LogP contribution in [0.5, 0.6) is 0 Å². The normalized spacial score (nSPS) is 28.4. The van der Waals surface area contributed by atoms with Crippen molar-refractivity contribution >= 4 is 0 Å². The van der Waals surface area contributed by atoms with Gasteiger partial charge in [-0.3, -0.25) is 0 Å². The first-order valence-corrected chi connectivity index (χ1v) is 7.07. The predicted molar refractivity (Wildman–Crippen MR) is 72.3 cm³/mol. The average molecular weight is 251 g/mol. The van der Waals surface area contributed by atoms with Crippen LogP contribution in [0, 0.1) is 11.8 Å². The Kier molecular flexibility index (Phi) is 5.26. The summed E-state index contributed by atoms with van der Waals surface area (Å²) in [5.74, 6) is 1.63. The number of furan rings is 1. The molecule has 1 aromatic rings. The number of ether oxygens (including phenoxy) is 1. The van der Waals surface area contributed by atoms with E-state index in [4.69, 9.17) is 9.15 Å². The molecule has 102 valence electrons. The van der Waals surface area contributed by atoms with Gasteiger partial charge in [-0.2, -0.15) is 0 Å². The Labute approximate surface area is 110 Å². The Morgan fingerprint density at radius 1 is 1.28 bits per heavy atom. The molecule has 1 heterocycles. The second-order valence-corrected chi connectivity index (χ2v) is 5.72. The van der Waals surface area contributed by atoms with E-state index < -0.39 is 0 Å². The van der Waals surface area contributed by atoms with Crippen LogP contribution in [0.4, 0.5) is 0 Å². The van der Waals surface area contributed by atoms with Crippen LogP contribution in [0.2, 0.25) is 0 Å². The first-order valence-electron chi connectivity index (χ1n) is 7.07. The van der Waals surface area contributed by atoms with Gasteiger partial charge in [-0.1, -0.05) is 13.8 Å². The SMILES string of the molecule is CC1CC(C)CC(OCCNCc2ccoc2)C1. The summed E-state index contributed by atoms with van der Waals surface area (Å²) < 4.78 is 11.0. The molecule has 1 saturated carbocycles. The molecule has 1 N–H and O–H groups in total. The minimum atomic E-state index is 0.472. The smallest absolute Gasteiger partial charge is 0.0947 e. The fraction of sp³-hybridized carbons (Fsp3) is 0.733. The number of nitrogens with one attached hydrogen (secondary N) is 1. The van der Waals surface area contributed by atoms with Gasteiger partial charge in [-0.05, 0) is 37.2 Å². The Morgan fingerprint density at radius 3 is 2.72 bits per heavy atom. The fourth-order valence-corrected chi connectivity index (χ4v) is 2.93. The van der Waals surface area contributed by atoms with Gasteiger partial charge in [0.15, 0.2) is 0 Å². The average Bonchev–Trinajstić information content (AvgIpc) is 2.80. The Morgan fingerprint density at radius 2 is 2.06 bits per heavy atom. The van der Waals surface area contributed by atoms with Crippen LogP contribution >= 0.6 is 0 Å². The second-order valence-electron chi connectivity index (χ2n) is 5.72. The summed E-state index contributed by atoms with van der Waals surface area (Å²) in [6.07, 6.45) is 7.77. The molecule has 2 rings (SSSR count). The lowest BCUT2D eigenvalue weighted by molar-refractivity contribution is 0.00263. The summed E-state index contributed by atoms with van der Waals surface area (Å²) in [6.45, 7) is 7.25. The van der Waals surface area contributed by atoms with E-state index in [2.05, 4.69) is 19.2 Å². The molecule has 0 bridgehead atoms. The summed E-state index contributed by atoms with van der Waals surface area (Å²) in [7, 11) is 0. The lowest BCUT2D eigenvalue weighted by atomic mass is 9.82. The molecule has 1 aliphatic rings. The molecule has 1 aliphatic carbocycles. The van der Waals surface area contributed by atoms with Crippen LogP contribution in [0.1, 0.15) is 38.7 Å². The molecule has 3 heteroatoms. The molecule has 2 atom stereocenters. The zero-order chi connectivity index (χ0) is 12.8. The third-order valence-electron chi connectivity index (χ3n) is 3.68. The Balaban J connectivity index is 1.55. The molecule has 2 unspecified atom stereocenters. The van der Waals surface area contributed by atoms with E-state index >= 15 is 0 Å². The van der Waals surface area contributed by atoms with Gasteiger partial charge in [0.05, 0.1) is 25.2 Å². The molecular weight excluding hydrogens is 226 g/mol. The lowest BCUT2D eigenvalue weighted by Gasteiger charge is -2.31. The Hall–Kier alpha value is -0.800. The van der Waals surface area contributed by atoms with E-state index in [0.29, 0.717) is 6.10 Å². The molecule has 1 fully saturated rings. The minimum Gasteiger partial charge on any atom is -0.472 e. The molecule has 1 aromatic heterocycles. The molecule has 3 nitrogen and oxygen atoms in total. The molecular formula is C15H25NO2. The van der Waals surface area contributed by atoms with E-state index in [1.165, 1.54) is 24.8 Å². The second kappa shape index (κ2) is 6.95. The molecule has 0 amide bonds. The van der Waals surface area contributed by atoms with Crippen LogP contribution in [0.25, 0.3) is 0 Å². The van der Waals surface area contributed by atoms with Crippen molar-refractivity contribution in [3.05, 3.63) is 24.2 Å². The van der Waals surface area contributed by atoms with Crippen LogP contribution in [0.3, 0.4) is 0 Å². The maximum absolute atomic E-state index is 5.96. The highest BCUT2D eigenvalue weighted by Crippen LogP contribution is 2.30. The van der Waals surface area contributed by atoms with Gasteiger partial charge in [0.1, 0.15) is 0 Å². The van der Waals surface area contributed by atoms with Crippen molar-refractivity contribution in [3.63, 3.8) is 0 Å². The van der Waals surface area contributed by atoms with Crippen LogP contribution in [-0.2, 0) is 11.3 Å². The van der Waals surface area contributed by atoms with Crippen molar-refractivity contribution in [1.82, 2.24) is 5.32 Å². The predicted octanol–water partition coefficient (Wildman–Crippen LogP) is 3.21. The summed E-state index contributed by atoms with van der Waals surface area (Å²) in [4.78, 5) is 0. The standard InChI is InChI=1S/C15H25NO2/c1-12-7-13(2)9-15(8-12)18-6-4-16-10-14-3-5-17-11-14/h3,5,11-13,15-16H,4,6-10H2,1-2H3. The molecule has 0 aliphatic heterocycles. The number of hydrogen-bond donors (Lipinski definition) is 1. The van der Waals surface area contributed by atoms with Crippen molar-refractivity contribution in [1.29, 1.82) is 0 Å². The lowest BCUT2D eigenvalue weighted by Crippen LogP contribution is -2.29. The van der Waals surface area contributed by atoms with Gasteiger partial charge in [-0.15, -0.1) is 0 Å². The van der Waals surface area contributed by atoms with Crippen molar-refractivity contribution in [3.8, 4) is 0 Å². The van der Waals surface area contributed by atoms with E-state index in [0.717, 1.165) is 31.5 Å². The zero-order valence-electron chi connectivity index (χ0n) is 11.5. The van der Waals surface area contributed by atoms with Gasteiger partial charge >= 0.3 is 0 Å². The van der Waals surface area contributed by atoms with Gasteiger partial charge < -0.3 is 14.5 Å². The number of hydrogen-bond acceptors (Lipinski definition) is 3.